The summed E-state index contributed by atoms with van der Waals surface area (Å²) in [5.74, 6) is -21.1. The van der Waals surface area contributed by atoms with Crippen LogP contribution in [0.25, 0.3) is 0 Å². The van der Waals surface area contributed by atoms with Gasteiger partial charge in [-0.15, -0.1) is 0 Å². The largest absolute Gasteiger partial charge is 0.416 e. The van der Waals surface area contributed by atoms with Gasteiger partial charge in [-0.3, -0.25) is 38.1 Å². The van der Waals surface area contributed by atoms with E-state index in [9.17, 15) is 59.5 Å². The minimum atomic E-state index is -5.34. The van der Waals surface area contributed by atoms with Crippen molar-refractivity contribution < 1.29 is 68.3 Å². The number of aryl methyl sites for hydroxylation is 3. The molecule has 438 valence electrons. The van der Waals surface area contributed by atoms with Crippen LogP contribution in [0.15, 0.2) is 48.8 Å². The number of likely N-dealkylation sites (N-methyl/N-ethyl adjacent to an activating group) is 1. The number of benzene rings is 2. The fraction of sp³-hybridized carbons (Fsp3) is 0.571. The summed E-state index contributed by atoms with van der Waals surface area (Å²) < 4.78 is 136. The molecule has 4 saturated carbocycles. The molecule has 5 aliphatic rings. The number of carbonyl (C=O) groups excluding carboxylic acids is 6. The maximum atomic E-state index is 16.2. The first-order chi connectivity index (χ1) is 38.2. The summed E-state index contributed by atoms with van der Waals surface area (Å²) in [5.41, 5.74) is -2.60. The van der Waals surface area contributed by atoms with Crippen LogP contribution in [0.1, 0.15) is 128 Å². The Balaban J connectivity index is 0.988. The highest BCUT2D eigenvalue weighted by Gasteiger charge is 2.65. The summed E-state index contributed by atoms with van der Waals surface area (Å²) in [6.45, 7) is 6.88. The molecule has 8 unspecified atom stereocenters. The van der Waals surface area contributed by atoms with Gasteiger partial charge in [-0.1, -0.05) is 0 Å². The summed E-state index contributed by atoms with van der Waals surface area (Å²) in [6.07, 6.45) is 1.34. The van der Waals surface area contributed by atoms with E-state index in [-0.39, 0.29) is 76.0 Å². The highest BCUT2D eigenvalue weighted by atomic mass is 19.4. The quantitative estimate of drug-likeness (QED) is 0.0481. The molecule has 1 aliphatic heterocycles. The lowest BCUT2D eigenvalue weighted by Gasteiger charge is -2.29. The molecule has 5 fully saturated rings. The Kier molecular flexibility index (Phi) is 16.2. The number of halogens is 9. The number of nitrogens with one attached hydrogen (secondary N) is 5. The number of likely N-dealkylation sites (tertiary alicyclic amines) is 1. The van der Waals surface area contributed by atoms with E-state index in [0.29, 0.717) is 56.0 Å². The average molecular weight is 1150 g/mol. The van der Waals surface area contributed by atoms with Gasteiger partial charge in [-0.25, -0.2) is 8.78 Å². The van der Waals surface area contributed by atoms with Gasteiger partial charge in [0.1, 0.15) is 35.1 Å². The lowest BCUT2D eigenvalue weighted by molar-refractivity contribution is -0.172. The van der Waals surface area contributed by atoms with E-state index in [4.69, 9.17) is 0 Å². The minimum Gasteiger partial charge on any atom is -0.356 e. The van der Waals surface area contributed by atoms with Crippen LogP contribution in [-0.2, 0) is 38.4 Å². The number of amides is 6. The van der Waals surface area contributed by atoms with E-state index < -0.39 is 125 Å². The third-order valence-corrected chi connectivity index (χ3v) is 17.0. The van der Waals surface area contributed by atoms with Crippen molar-refractivity contribution >= 4 is 46.8 Å². The first-order valence-corrected chi connectivity index (χ1v) is 27.5. The monoisotopic (exact) mass is 1140 g/mol. The fourth-order valence-corrected chi connectivity index (χ4v) is 12.5. The molecule has 2 aromatic carbocycles. The second-order valence-electron chi connectivity index (χ2n) is 22.4. The van der Waals surface area contributed by atoms with Crippen molar-refractivity contribution in [1.29, 1.82) is 0 Å². The van der Waals surface area contributed by atoms with E-state index in [0.717, 1.165) is 19.8 Å². The van der Waals surface area contributed by atoms with Crippen molar-refractivity contribution in [3.05, 3.63) is 94.1 Å². The van der Waals surface area contributed by atoms with E-state index in [1.807, 2.05) is 0 Å². The van der Waals surface area contributed by atoms with Gasteiger partial charge in [0.25, 0.3) is 11.8 Å². The molecule has 4 aliphatic carbocycles. The number of nitrogens with zero attached hydrogens (tertiary/aromatic N) is 5. The zero-order valence-corrected chi connectivity index (χ0v) is 45.4. The molecule has 10 atom stereocenters. The number of anilines is 2. The van der Waals surface area contributed by atoms with E-state index >= 15 is 8.78 Å². The van der Waals surface area contributed by atoms with Gasteiger partial charge in [-0.2, -0.15) is 40.9 Å². The van der Waals surface area contributed by atoms with Crippen molar-refractivity contribution in [2.45, 2.75) is 135 Å². The topological polar surface area (TPSA) is 201 Å². The van der Waals surface area contributed by atoms with Crippen LogP contribution in [0.3, 0.4) is 0 Å². The van der Waals surface area contributed by atoms with Gasteiger partial charge in [-0.05, 0) is 180 Å². The molecule has 0 radical (unpaired) electrons. The van der Waals surface area contributed by atoms with E-state index in [1.165, 1.54) is 46.0 Å². The summed E-state index contributed by atoms with van der Waals surface area (Å²) >= 11 is 0. The number of carbonyl (C=O) groups is 6. The van der Waals surface area contributed by atoms with Crippen molar-refractivity contribution in [3.8, 4) is 0 Å². The highest BCUT2D eigenvalue weighted by Crippen LogP contribution is 2.67. The Hall–Kier alpha value is -6.95. The number of hydrogen-bond donors (Lipinski definition) is 5. The van der Waals surface area contributed by atoms with Crippen LogP contribution in [0, 0.1) is 65.9 Å². The maximum absolute atomic E-state index is 16.2. The lowest BCUT2D eigenvalue weighted by Crippen LogP contribution is -2.51. The van der Waals surface area contributed by atoms with Crippen molar-refractivity contribution in [2.24, 2.45) is 47.3 Å². The van der Waals surface area contributed by atoms with E-state index in [1.54, 1.807) is 34.6 Å². The molecular weight excluding hydrogens is 1080 g/mol. The molecule has 1 saturated heterocycles. The molecule has 2 aromatic heterocycles. The SMILES string of the molecule is CCNC(=O)C(C)c1cc(F)c(NC(=O)[C@@H](NC(=O)c2ccnn2CC)C(C2CC2)C2CC2C2CC2C(C2CC2)[C@H](NC(=O)c2ccnn2CC)C(=O)Nc2cc(C(F)(F)F)c(C(C)C(=O)N3CC(F)(F)C(F)(F)C3)cc2F)cc1C. The Morgan fingerprint density at radius 1 is 0.654 bits per heavy atom. The molecule has 0 spiro atoms. The second-order valence-corrected chi connectivity index (χ2v) is 22.4. The molecule has 5 N–H and O–H groups in total. The standard InChI is InChI=1S/C56H65F9N10O6/c1-7-66-48(76)27(5)31-21-38(57)40(18-26(31)4)69-51(79)46(71-49(77)42-14-16-67-74(42)8-2)44(29-10-11-29)35-19-33(35)34-20-36(34)45(30-12-13-30)47(72-50(78)43-15-17-68-75(43)9-3)52(80)70-41-23-37(56(63,64)65)32(22-39(41)58)28(6)53(81)73-24-54(59,60)55(61,62)25-73/h14-18,21-23,27-30,33-36,44-47H,7-13,19-20,24-25H2,1-6H3,(H,66,76)(H,69,79)(H,70,80)(H,71,77)(H,72,78)/t27?,28?,33?,34?,35?,36?,44?,45?,46-,47-/m0/s1. The van der Waals surface area contributed by atoms with Gasteiger partial charge in [0.15, 0.2) is 0 Å². The second kappa shape index (κ2) is 22.4. The average Bonchev–Trinajstić information content (AvgIpc) is 2.49. The van der Waals surface area contributed by atoms with Crippen LogP contribution >= 0.6 is 0 Å². The highest BCUT2D eigenvalue weighted by molar-refractivity contribution is 6.02. The predicted octanol–water partition coefficient (Wildman–Crippen LogP) is 8.68. The molecule has 0 bridgehead atoms. The van der Waals surface area contributed by atoms with Gasteiger partial charge in [0.2, 0.25) is 23.6 Å². The van der Waals surface area contributed by atoms with Crippen molar-refractivity contribution in [2.75, 3.05) is 30.3 Å². The Morgan fingerprint density at radius 3 is 1.52 bits per heavy atom. The minimum absolute atomic E-state index is 0.0182. The van der Waals surface area contributed by atoms with Gasteiger partial charge >= 0.3 is 18.0 Å². The molecule has 16 nitrogen and oxygen atoms in total. The zero-order valence-electron chi connectivity index (χ0n) is 45.4. The summed E-state index contributed by atoms with van der Waals surface area (Å²) in [5, 5.41) is 21.9. The van der Waals surface area contributed by atoms with Crippen LogP contribution in [0.4, 0.5) is 50.9 Å². The van der Waals surface area contributed by atoms with E-state index in [2.05, 4.69) is 36.8 Å². The van der Waals surface area contributed by atoms with Gasteiger partial charge < -0.3 is 31.5 Å². The predicted molar refractivity (Wildman–Crippen MR) is 276 cm³/mol. The third-order valence-electron chi connectivity index (χ3n) is 17.0. The van der Waals surface area contributed by atoms with Crippen LogP contribution in [-0.4, -0.2) is 103 Å². The number of aromatic nitrogens is 4. The molecule has 9 rings (SSSR count). The smallest absolute Gasteiger partial charge is 0.356 e. The van der Waals surface area contributed by atoms with Crippen molar-refractivity contribution in [3.63, 3.8) is 0 Å². The Labute approximate surface area is 461 Å². The lowest BCUT2D eigenvalue weighted by atomic mass is 9.84. The first-order valence-electron chi connectivity index (χ1n) is 27.5. The Morgan fingerprint density at radius 2 is 1.10 bits per heavy atom. The van der Waals surface area contributed by atoms with Gasteiger partial charge in [0.05, 0.1) is 41.9 Å². The van der Waals surface area contributed by atoms with Crippen LogP contribution in [0.5, 0.6) is 0 Å². The first kappa shape index (κ1) is 58.7. The van der Waals surface area contributed by atoms with Crippen molar-refractivity contribution in [1.82, 2.24) is 40.4 Å². The molecule has 4 aromatic rings. The van der Waals surface area contributed by atoms with Gasteiger partial charge in [0, 0.05) is 32.0 Å². The van der Waals surface area contributed by atoms with Crippen LogP contribution in [0.2, 0.25) is 0 Å². The summed E-state index contributed by atoms with van der Waals surface area (Å²) in [7, 11) is 0. The molecule has 3 heterocycles. The summed E-state index contributed by atoms with van der Waals surface area (Å²) in [4.78, 5) is 83.6. The molecule has 6 amide bonds. The zero-order chi connectivity index (χ0) is 58.8. The fourth-order valence-electron chi connectivity index (χ4n) is 12.5. The van der Waals surface area contributed by atoms with Crippen LogP contribution < -0.4 is 26.6 Å². The number of alkyl halides is 7. The Bertz CT molecular complexity index is 3090. The number of rotatable bonds is 22. The normalized spacial score (nSPS) is 23.1. The molecule has 25 heteroatoms. The third kappa shape index (κ3) is 12.0. The molecular formula is C56H65F9N10O6. The maximum Gasteiger partial charge on any atom is 0.416 e. The molecule has 81 heavy (non-hydrogen) atoms. The summed E-state index contributed by atoms with van der Waals surface area (Å²) in [6, 6.07) is 3.48. The number of hydrogen-bond acceptors (Lipinski definition) is 8.